The van der Waals surface area contributed by atoms with E-state index >= 15 is 0 Å². The molecule has 0 fully saturated rings. The summed E-state index contributed by atoms with van der Waals surface area (Å²) in [6, 6.07) is 25.6. The largest absolute Gasteiger partial charge is 0.330 e. The van der Waals surface area contributed by atoms with Gasteiger partial charge >= 0.3 is 0 Å². The second-order valence-corrected chi connectivity index (χ2v) is 10.8. The standard InChI is InChI=1S/C29H27N3O3S/c1-22-8-2-3-11-26(22)21-31(20-23-9-7-16-30-19-23)29(33)25-12-6-13-27(18-25)36(34,35)32-17-15-24-10-4-5-14-28(24)32/h2-14,16,18-19H,15,17,20-21H2,1H3. The van der Waals surface area contributed by atoms with Crippen LogP contribution in [0, 0.1) is 6.92 Å². The minimum Gasteiger partial charge on any atom is -0.330 e. The number of nitrogens with zero attached hydrogens (tertiary/aromatic N) is 3. The molecule has 4 aromatic rings. The molecule has 1 aromatic heterocycles. The summed E-state index contributed by atoms with van der Waals surface area (Å²) < 4.78 is 28.6. The molecule has 0 aliphatic carbocycles. The van der Waals surface area contributed by atoms with Crippen LogP contribution in [0.4, 0.5) is 5.69 Å². The lowest BCUT2D eigenvalue weighted by atomic mass is 10.1. The third kappa shape index (κ3) is 4.75. The first-order valence-electron chi connectivity index (χ1n) is 11.9. The summed E-state index contributed by atoms with van der Waals surface area (Å²) in [4.78, 5) is 19.8. The monoisotopic (exact) mass is 497 g/mol. The number of aryl methyl sites for hydroxylation is 1. The van der Waals surface area contributed by atoms with E-state index in [1.807, 2.05) is 67.6 Å². The van der Waals surface area contributed by atoms with Gasteiger partial charge in [0.25, 0.3) is 15.9 Å². The Morgan fingerprint density at radius 1 is 0.944 bits per heavy atom. The zero-order valence-electron chi connectivity index (χ0n) is 20.0. The number of carbonyl (C=O) groups is 1. The van der Waals surface area contributed by atoms with Gasteiger partial charge in [0.1, 0.15) is 0 Å². The van der Waals surface area contributed by atoms with Crippen LogP contribution in [0.5, 0.6) is 0 Å². The van der Waals surface area contributed by atoms with Gasteiger partial charge in [-0.15, -0.1) is 0 Å². The molecule has 0 saturated heterocycles. The summed E-state index contributed by atoms with van der Waals surface area (Å²) in [6.45, 7) is 3.16. The van der Waals surface area contributed by atoms with E-state index in [1.165, 1.54) is 10.4 Å². The molecule has 6 nitrogen and oxygen atoms in total. The first-order chi connectivity index (χ1) is 17.4. The normalized spacial score (nSPS) is 12.9. The summed E-state index contributed by atoms with van der Waals surface area (Å²) in [5, 5.41) is 0. The summed E-state index contributed by atoms with van der Waals surface area (Å²) in [5.41, 5.74) is 5.07. The molecule has 1 aliphatic heterocycles. The SMILES string of the molecule is Cc1ccccc1CN(Cc1cccnc1)C(=O)c1cccc(S(=O)(=O)N2CCc3ccccc32)c1. The van der Waals surface area contributed by atoms with Gasteiger partial charge in [-0.1, -0.05) is 54.6 Å². The van der Waals surface area contributed by atoms with Crippen LogP contribution in [0.3, 0.4) is 0 Å². The third-order valence-corrected chi connectivity index (χ3v) is 8.33. The summed E-state index contributed by atoms with van der Waals surface area (Å²) in [7, 11) is -3.81. The van der Waals surface area contributed by atoms with Crippen molar-refractivity contribution < 1.29 is 13.2 Å². The summed E-state index contributed by atoms with van der Waals surface area (Å²) >= 11 is 0. The molecule has 7 heteroatoms. The Morgan fingerprint density at radius 3 is 2.56 bits per heavy atom. The van der Waals surface area contributed by atoms with Crippen molar-refractivity contribution in [1.82, 2.24) is 9.88 Å². The number of para-hydroxylation sites is 1. The maximum Gasteiger partial charge on any atom is 0.264 e. The van der Waals surface area contributed by atoms with Crippen molar-refractivity contribution in [2.45, 2.75) is 31.3 Å². The molecule has 0 bridgehead atoms. The molecule has 2 heterocycles. The second-order valence-electron chi connectivity index (χ2n) is 8.93. The van der Waals surface area contributed by atoms with Gasteiger partial charge in [-0.2, -0.15) is 0 Å². The van der Waals surface area contributed by atoms with Crippen LogP contribution in [-0.2, 0) is 29.5 Å². The van der Waals surface area contributed by atoms with Gasteiger partial charge in [0.2, 0.25) is 0 Å². The average Bonchev–Trinajstić information content (AvgIpc) is 3.35. The van der Waals surface area contributed by atoms with E-state index in [2.05, 4.69) is 4.98 Å². The highest BCUT2D eigenvalue weighted by Crippen LogP contribution is 2.33. The van der Waals surface area contributed by atoms with Gasteiger partial charge in [-0.05, 0) is 65.9 Å². The zero-order chi connectivity index (χ0) is 25.1. The van der Waals surface area contributed by atoms with E-state index in [4.69, 9.17) is 0 Å². The van der Waals surface area contributed by atoms with Crippen molar-refractivity contribution in [2.75, 3.05) is 10.8 Å². The molecule has 0 atom stereocenters. The van der Waals surface area contributed by atoms with E-state index in [0.717, 1.165) is 22.3 Å². The fraction of sp³-hybridized carbons (Fsp3) is 0.172. The van der Waals surface area contributed by atoms with Crippen LogP contribution in [0.1, 0.15) is 32.6 Å². The molecule has 36 heavy (non-hydrogen) atoms. The lowest BCUT2D eigenvalue weighted by Crippen LogP contribution is -2.31. The third-order valence-electron chi connectivity index (χ3n) is 6.52. The first-order valence-corrected chi connectivity index (χ1v) is 13.3. The molecule has 1 aliphatic rings. The fourth-order valence-corrected chi connectivity index (χ4v) is 6.11. The van der Waals surface area contributed by atoms with Gasteiger partial charge in [0.05, 0.1) is 10.6 Å². The van der Waals surface area contributed by atoms with Gasteiger partial charge < -0.3 is 4.90 Å². The summed E-state index contributed by atoms with van der Waals surface area (Å²) in [5.74, 6) is -0.235. The molecule has 0 N–H and O–H groups in total. The lowest BCUT2D eigenvalue weighted by Gasteiger charge is -2.25. The van der Waals surface area contributed by atoms with Crippen LogP contribution in [0.25, 0.3) is 0 Å². The average molecular weight is 498 g/mol. The molecule has 0 unspecified atom stereocenters. The number of hydrogen-bond acceptors (Lipinski definition) is 4. The highest BCUT2D eigenvalue weighted by molar-refractivity contribution is 7.92. The number of anilines is 1. The van der Waals surface area contributed by atoms with Crippen molar-refractivity contribution in [3.63, 3.8) is 0 Å². The molecule has 0 radical (unpaired) electrons. The van der Waals surface area contributed by atoms with E-state index in [0.29, 0.717) is 37.3 Å². The van der Waals surface area contributed by atoms with Gasteiger partial charge in [-0.3, -0.25) is 14.1 Å². The van der Waals surface area contributed by atoms with Gasteiger partial charge in [-0.25, -0.2) is 8.42 Å². The van der Waals surface area contributed by atoms with Crippen LogP contribution in [0.15, 0.2) is 102 Å². The quantitative estimate of drug-likeness (QED) is 0.361. The molecule has 3 aromatic carbocycles. The highest BCUT2D eigenvalue weighted by Gasteiger charge is 2.31. The molecule has 5 rings (SSSR count). The minimum absolute atomic E-state index is 0.113. The van der Waals surface area contributed by atoms with Crippen molar-refractivity contribution in [3.8, 4) is 0 Å². The Labute approximate surface area is 211 Å². The zero-order valence-corrected chi connectivity index (χ0v) is 20.9. The number of benzene rings is 3. The number of amides is 1. The Bertz CT molecular complexity index is 1500. The highest BCUT2D eigenvalue weighted by atomic mass is 32.2. The topological polar surface area (TPSA) is 70.6 Å². The number of rotatable bonds is 7. The Hall–Kier alpha value is -3.97. The van der Waals surface area contributed by atoms with Crippen molar-refractivity contribution in [3.05, 3.63) is 125 Å². The van der Waals surface area contributed by atoms with E-state index < -0.39 is 10.0 Å². The lowest BCUT2D eigenvalue weighted by molar-refractivity contribution is 0.0729. The number of aromatic nitrogens is 1. The second kappa shape index (κ2) is 9.95. The van der Waals surface area contributed by atoms with Crippen LogP contribution >= 0.6 is 0 Å². The van der Waals surface area contributed by atoms with E-state index in [1.54, 1.807) is 35.5 Å². The molecule has 182 valence electrons. The summed E-state index contributed by atoms with van der Waals surface area (Å²) in [6.07, 6.45) is 4.11. The molecule has 0 saturated carbocycles. The number of carbonyl (C=O) groups excluding carboxylic acids is 1. The van der Waals surface area contributed by atoms with Crippen LogP contribution in [0.2, 0.25) is 0 Å². The van der Waals surface area contributed by atoms with Crippen molar-refractivity contribution >= 4 is 21.6 Å². The predicted octanol–water partition coefficient (Wildman–Crippen LogP) is 4.98. The van der Waals surface area contributed by atoms with Crippen LogP contribution in [-0.4, -0.2) is 30.8 Å². The molecular weight excluding hydrogens is 470 g/mol. The number of sulfonamides is 1. The molecule has 1 amide bonds. The smallest absolute Gasteiger partial charge is 0.264 e. The number of hydrogen-bond donors (Lipinski definition) is 0. The Kier molecular flexibility index (Phi) is 6.57. The number of pyridine rings is 1. The number of fused-ring (bicyclic) bond motifs is 1. The van der Waals surface area contributed by atoms with Crippen molar-refractivity contribution in [1.29, 1.82) is 0 Å². The van der Waals surface area contributed by atoms with E-state index in [9.17, 15) is 13.2 Å². The maximum atomic E-state index is 13.8. The van der Waals surface area contributed by atoms with Gasteiger partial charge in [0, 0.05) is 37.6 Å². The minimum atomic E-state index is -3.81. The first kappa shape index (κ1) is 23.8. The Morgan fingerprint density at radius 2 is 1.75 bits per heavy atom. The molecule has 0 spiro atoms. The van der Waals surface area contributed by atoms with Gasteiger partial charge in [0.15, 0.2) is 0 Å². The van der Waals surface area contributed by atoms with Crippen LogP contribution < -0.4 is 4.31 Å². The van der Waals surface area contributed by atoms with Crippen molar-refractivity contribution in [2.24, 2.45) is 0 Å². The predicted molar refractivity (Wildman–Crippen MR) is 140 cm³/mol. The van der Waals surface area contributed by atoms with E-state index in [-0.39, 0.29) is 10.8 Å². The maximum absolute atomic E-state index is 13.8. The fourth-order valence-electron chi connectivity index (χ4n) is 4.56. The molecular formula is C29H27N3O3S. The Balaban J connectivity index is 1.47.